The van der Waals surface area contributed by atoms with Crippen molar-refractivity contribution >= 4 is 10.8 Å². The van der Waals surface area contributed by atoms with Crippen LogP contribution in [0.25, 0.3) is 22.0 Å². The van der Waals surface area contributed by atoms with Crippen LogP contribution in [0.15, 0.2) is 54.7 Å². The van der Waals surface area contributed by atoms with E-state index >= 15 is 0 Å². The zero-order chi connectivity index (χ0) is 14.2. The Morgan fingerprint density at radius 2 is 1.70 bits per heavy atom. The Hall–Kier alpha value is -2.26. The zero-order valence-electron chi connectivity index (χ0n) is 11.7. The molecule has 0 saturated carbocycles. The highest BCUT2D eigenvalue weighted by molar-refractivity contribution is 5.86. The van der Waals surface area contributed by atoms with Gasteiger partial charge in [-0.2, -0.15) is 0 Å². The predicted octanol–water partition coefficient (Wildman–Crippen LogP) is 3.49. The molecule has 0 aliphatic carbocycles. The second-order valence-corrected chi connectivity index (χ2v) is 5.55. The molecule has 2 aromatic carbocycles. The van der Waals surface area contributed by atoms with Crippen molar-refractivity contribution < 1.29 is 0 Å². The van der Waals surface area contributed by atoms with Crippen LogP contribution in [-0.4, -0.2) is 9.97 Å². The summed E-state index contributed by atoms with van der Waals surface area (Å²) in [4.78, 5) is 8.85. The van der Waals surface area contributed by atoms with E-state index < -0.39 is 5.54 Å². The topological polar surface area (TPSA) is 51.8 Å². The number of nitrogens with zero attached hydrogens (tertiary/aromatic N) is 2. The lowest BCUT2D eigenvalue weighted by Gasteiger charge is -2.17. The molecule has 0 amide bonds. The monoisotopic (exact) mass is 263 g/mol. The molecule has 0 unspecified atom stereocenters. The van der Waals surface area contributed by atoms with Gasteiger partial charge in [0.1, 0.15) is 5.82 Å². The quantitative estimate of drug-likeness (QED) is 0.770. The first-order chi connectivity index (χ1) is 9.54. The largest absolute Gasteiger partial charge is 0.319 e. The summed E-state index contributed by atoms with van der Waals surface area (Å²) in [5, 5.41) is 2.43. The molecule has 0 atom stereocenters. The third kappa shape index (κ3) is 2.40. The average Bonchev–Trinajstić information content (AvgIpc) is 2.46. The van der Waals surface area contributed by atoms with Crippen molar-refractivity contribution in [3.05, 3.63) is 60.6 Å². The number of benzene rings is 2. The minimum atomic E-state index is -0.535. The van der Waals surface area contributed by atoms with Gasteiger partial charge in [0, 0.05) is 11.8 Å². The van der Waals surface area contributed by atoms with Crippen LogP contribution in [0.4, 0.5) is 0 Å². The van der Waals surface area contributed by atoms with E-state index in [9.17, 15) is 0 Å². The third-order valence-electron chi connectivity index (χ3n) is 3.28. The van der Waals surface area contributed by atoms with E-state index in [1.165, 1.54) is 10.8 Å². The summed E-state index contributed by atoms with van der Waals surface area (Å²) in [6.45, 7) is 3.82. The Kier molecular flexibility index (Phi) is 2.99. The molecule has 1 aromatic heterocycles. The van der Waals surface area contributed by atoms with Gasteiger partial charge in [0.2, 0.25) is 0 Å². The highest BCUT2D eigenvalue weighted by Gasteiger charge is 2.18. The molecule has 0 aliphatic heterocycles. The molecule has 20 heavy (non-hydrogen) atoms. The van der Waals surface area contributed by atoms with Crippen LogP contribution in [0, 0.1) is 0 Å². The van der Waals surface area contributed by atoms with E-state index in [1.807, 2.05) is 32.0 Å². The summed E-state index contributed by atoms with van der Waals surface area (Å²) in [5.74, 6) is 0.656. The standard InChI is InChI=1S/C17H17N3/c1-17(2,18)16-19-10-9-15(20-16)14-8-7-12-5-3-4-6-13(12)11-14/h3-11H,18H2,1-2H3. The normalized spacial score (nSPS) is 11.8. The van der Waals surface area contributed by atoms with Crippen molar-refractivity contribution in [1.29, 1.82) is 0 Å². The Balaban J connectivity index is 2.11. The average molecular weight is 263 g/mol. The molecular formula is C17H17N3. The molecule has 3 heteroatoms. The summed E-state index contributed by atoms with van der Waals surface area (Å²) >= 11 is 0. The smallest absolute Gasteiger partial charge is 0.148 e. The molecule has 0 fully saturated rings. The molecule has 0 spiro atoms. The molecule has 3 aromatic rings. The van der Waals surface area contributed by atoms with Crippen molar-refractivity contribution in [2.75, 3.05) is 0 Å². The van der Waals surface area contributed by atoms with Gasteiger partial charge in [-0.1, -0.05) is 36.4 Å². The minimum Gasteiger partial charge on any atom is -0.319 e. The molecule has 3 nitrogen and oxygen atoms in total. The number of aromatic nitrogens is 2. The van der Waals surface area contributed by atoms with Gasteiger partial charge in [0.25, 0.3) is 0 Å². The van der Waals surface area contributed by atoms with Gasteiger partial charge >= 0.3 is 0 Å². The highest BCUT2D eigenvalue weighted by atomic mass is 14.9. The number of hydrogen-bond acceptors (Lipinski definition) is 3. The third-order valence-corrected chi connectivity index (χ3v) is 3.28. The molecule has 0 bridgehead atoms. The van der Waals surface area contributed by atoms with E-state index in [4.69, 9.17) is 5.73 Å². The van der Waals surface area contributed by atoms with Crippen LogP contribution in [0.2, 0.25) is 0 Å². The lowest BCUT2D eigenvalue weighted by molar-refractivity contribution is 0.514. The van der Waals surface area contributed by atoms with Gasteiger partial charge in [-0.3, -0.25) is 0 Å². The molecule has 100 valence electrons. The summed E-state index contributed by atoms with van der Waals surface area (Å²) < 4.78 is 0. The van der Waals surface area contributed by atoms with Gasteiger partial charge in [0.15, 0.2) is 0 Å². The number of rotatable bonds is 2. The van der Waals surface area contributed by atoms with Crippen LogP contribution < -0.4 is 5.73 Å². The van der Waals surface area contributed by atoms with Crippen LogP contribution in [0.1, 0.15) is 19.7 Å². The van der Waals surface area contributed by atoms with Crippen molar-refractivity contribution in [1.82, 2.24) is 9.97 Å². The van der Waals surface area contributed by atoms with E-state index in [0.29, 0.717) is 5.82 Å². The Morgan fingerprint density at radius 3 is 2.45 bits per heavy atom. The molecular weight excluding hydrogens is 246 g/mol. The van der Waals surface area contributed by atoms with E-state index in [1.54, 1.807) is 6.20 Å². The van der Waals surface area contributed by atoms with Crippen molar-refractivity contribution in [3.8, 4) is 11.3 Å². The first-order valence-electron chi connectivity index (χ1n) is 6.66. The molecule has 0 radical (unpaired) electrons. The predicted molar refractivity (Wildman–Crippen MR) is 82.2 cm³/mol. The van der Waals surface area contributed by atoms with Crippen molar-refractivity contribution in [3.63, 3.8) is 0 Å². The van der Waals surface area contributed by atoms with Crippen molar-refractivity contribution in [2.24, 2.45) is 5.73 Å². The number of hydrogen-bond donors (Lipinski definition) is 1. The maximum Gasteiger partial charge on any atom is 0.148 e. The van der Waals surface area contributed by atoms with Crippen molar-refractivity contribution in [2.45, 2.75) is 19.4 Å². The number of nitrogens with two attached hydrogens (primary N) is 1. The minimum absolute atomic E-state index is 0.535. The SMILES string of the molecule is CC(C)(N)c1nccc(-c2ccc3ccccc3c2)n1. The highest BCUT2D eigenvalue weighted by Crippen LogP contribution is 2.24. The molecule has 3 rings (SSSR count). The first kappa shape index (κ1) is 12.8. The second kappa shape index (κ2) is 4.69. The lowest BCUT2D eigenvalue weighted by atomic mass is 10.0. The molecule has 2 N–H and O–H groups in total. The molecule has 0 saturated heterocycles. The summed E-state index contributed by atoms with van der Waals surface area (Å²) in [5.41, 5.74) is 7.52. The molecule has 0 aliphatic rings. The maximum atomic E-state index is 6.07. The summed E-state index contributed by atoms with van der Waals surface area (Å²) in [6, 6.07) is 16.5. The summed E-state index contributed by atoms with van der Waals surface area (Å²) in [7, 11) is 0. The van der Waals surface area contributed by atoms with Crippen LogP contribution in [-0.2, 0) is 5.54 Å². The van der Waals surface area contributed by atoms with Gasteiger partial charge < -0.3 is 5.73 Å². The number of fused-ring (bicyclic) bond motifs is 1. The van der Waals surface area contributed by atoms with Crippen LogP contribution in [0.5, 0.6) is 0 Å². The Labute approximate surface area is 118 Å². The van der Waals surface area contributed by atoms with Gasteiger partial charge in [-0.15, -0.1) is 0 Å². The van der Waals surface area contributed by atoms with Gasteiger partial charge in [-0.25, -0.2) is 9.97 Å². The second-order valence-electron chi connectivity index (χ2n) is 5.55. The summed E-state index contributed by atoms with van der Waals surface area (Å²) in [6.07, 6.45) is 1.77. The van der Waals surface area contributed by atoms with E-state index in [0.717, 1.165) is 11.3 Å². The van der Waals surface area contributed by atoms with Crippen LogP contribution in [0.3, 0.4) is 0 Å². The Bertz CT molecular complexity index is 757. The fraction of sp³-hybridized carbons (Fsp3) is 0.176. The van der Waals surface area contributed by atoms with E-state index in [2.05, 4.69) is 40.3 Å². The maximum absolute atomic E-state index is 6.07. The fourth-order valence-electron chi connectivity index (χ4n) is 2.18. The van der Waals surface area contributed by atoms with E-state index in [-0.39, 0.29) is 0 Å². The molecule has 1 heterocycles. The van der Waals surface area contributed by atoms with Crippen LogP contribution >= 0.6 is 0 Å². The first-order valence-corrected chi connectivity index (χ1v) is 6.66. The van der Waals surface area contributed by atoms with Gasteiger partial charge in [-0.05, 0) is 36.8 Å². The van der Waals surface area contributed by atoms with Gasteiger partial charge in [0.05, 0.1) is 11.2 Å². The fourth-order valence-corrected chi connectivity index (χ4v) is 2.18. The zero-order valence-corrected chi connectivity index (χ0v) is 11.7. The lowest BCUT2D eigenvalue weighted by Crippen LogP contribution is -2.31. The Morgan fingerprint density at radius 1 is 0.950 bits per heavy atom.